The minimum atomic E-state index is -1.72. The molecule has 1 aliphatic carbocycles. The van der Waals surface area contributed by atoms with E-state index in [0.29, 0.717) is 5.56 Å². The van der Waals surface area contributed by atoms with Crippen LogP contribution in [-0.4, -0.2) is 27.0 Å². The summed E-state index contributed by atoms with van der Waals surface area (Å²) >= 11 is 0. The van der Waals surface area contributed by atoms with Gasteiger partial charge in [-0.25, -0.2) is 4.79 Å². The minimum Gasteiger partial charge on any atom is -0.458 e. The zero-order valence-electron chi connectivity index (χ0n) is 15.5. The Morgan fingerprint density at radius 3 is 2.50 bits per heavy atom. The molecule has 0 aromatic heterocycles. The molecule has 1 aromatic carbocycles. The maximum atomic E-state index is 12.2. The molecule has 0 saturated heterocycles. The normalized spacial score (nSPS) is 21.0. The van der Waals surface area contributed by atoms with Crippen LogP contribution in [0.15, 0.2) is 42.5 Å². The van der Waals surface area contributed by atoms with Crippen LogP contribution >= 0.6 is 0 Å². The van der Waals surface area contributed by atoms with E-state index < -0.39 is 8.32 Å². The fraction of sp³-hybridized carbons (Fsp3) is 0.550. The molecule has 1 aliphatic rings. The topological polar surface area (TPSA) is 35.5 Å². The molecule has 0 aliphatic heterocycles. The van der Waals surface area contributed by atoms with Gasteiger partial charge >= 0.3 is 5.97 Å². The van der Waals surface area contributed by atoms with Gasteiger partial charge in [-0.05, 0) is 36.7 Å². The van der Waals surface area contributed by atoms with E-state index in [1.54, 1.807) is 12.1 Å². The molecule has 2 rings (SSSR count). The maximum absolute atomic E-state index is 12.2. The lowest BCUT2D eigenvalue weighted by molar-refractivity contribution is 0.0209. The first-order chi connectivity index (χ1) is 11.2. The predicted octanol–water partition coefficient (Wildman–Crippen LogP) is 5.20. The van der Waals surface area contributed by atoms with E-state index >= 15 is 0 Å². The minimum absolute atomic E-state index is 0.0688. The third-order valence-corrected chi connectivity index (χ3v) is 9.76. The van der Waals surface area contributed by atoms with Crippen molar-refractivity contribution in [1.82, 2.24) is 0 Å². The second-order valence-corrected chi connectivity index (χ2v) is 12.8. The molecular weight excluding hydrogens is 316 g/mol. The third-order valence-electron chi connectivity index (χ3n) is 5.22. The highest BCUT2D eigenvalue weighted by Crippen LogP contribution is 2.37. The van der Waals surface area contributed by atoms with Crippen LogP contribution in [0.4, 0.5) is 0 Å². The van der Waals surface area contributed by atoms with Crippen molar-refractivity contribution in [2.75, 3.05) is 6.61 Å². The summed E-state index contributed by atoms with van der Waals surface area (Å²) in [5.74, 6) is 0.0158. The van der Waals surface area contributed by atoms with Crippen LogP contribution in [0.3, 0.4) is 0 Å². The average molecular weight is 347 g/mol. The van der Waals surface area contributed by atoms with Crippen LogP contribution in [0, 0.1) is 5.92 Å². The Kier molecular flexibility index (Phi) is 6.05. The van der Waals surface area contributed by atoms with Gasteiger partial charge in [-0.1, -0.05) is 51.1 Å². The van der Waals surface area contributed by atoms with Gasteiger partial charge in [0.25, 0.3) is 0 Å². The SMILES string of the molecule is CC(C)(C)[Si](C)(C)OCC[C@H]1C=CC[C@H]1OC(=O)c1ccccc1. The Bertz CT molecular complexity index is 572. The molecule has 24 heavy (non-hydrogen) atoms. The number of ether oxygens (including phenoxy) is 1. The highest BCUT2D eigenvalue weighted by Gasteiger charge is 2.37. The maximum Gasteiger partial charge on any atom is 0.338 e. The number of hydrogen-bond donors (Lipinski definition) is 0. The summed E-state index contributed by atoms with van der Waals surface area (Å²) in [6.07, 6.45) is 5.90. The van der Waals surface area contributed by atoms with Gasteiger partial charge in [0.2, 0.25) is 0 Å². The lowest BCUT2D eigenvalue weighted by Gasteiger charge is -2.36. The molecule has 1 aromatic rings. The van der Waals surface area contributed by atoms with Crippen molar-refractivity contribution in [3.05, 3.63) is 48.0 Å². The number of rotatable bonds is 6. The summed E-state index contributed by atoms with van der Waals surface area (Å²) in [4.78, 5) is 12.2. The second-order valence-electron chi connectivity index (χ2n) is 8.03. The van der Waals surface area contributed by atoms with Crippen molar-refractivity contribution in [3.63, 3.8) is 0 Å². The molecule has 0 N–H and O–H groups in total. The predicted molar refractivity (Wildman–Crippen MR) is 101 cm³/mol. The summed E-state index contributed by atoms with van der Waals surface area (Å²) in [6.45, 7) is 12.0. The smallest absolute Gasteiger partial charge is 0.338 e. The van der Waals surface area contributed by atoms with Gasteiger partial charge in [0, 0.05) is 18.9 Å². The van der Waals surface area contributed by atoms with Gasteiger partial charge in [-0.3, -0.25) is 0 Å². The van der Waals surface area contributed by atoms with Crippen molar-refractivity contribution in [3.8, 4) is 0 Å². The summed E-state index contributed by atoms with van der Waals surface area (Å²) in [5.41, 5.74) is 0.612. The summed E-state index contributed by atoms with van der Waals surface area (Å²) in [7, 11) is -1.72. The monoisotopic (exact) mass is 346 g/mol. The van der Waals surface area contributed by atoms with Crippen molar-refractivity contribution < 1.29 is 14.0 Å². The lowest BCUT2D eigenvalue weighted by Crippen LogP contribution is -2.41. The molecule has 0 radical (unpaired) electrons. The Morgan fingerprint density at radius 2 is 1.88 bits per heavy atom. The van der Waals surface area contributed by atoms with Crippen molar-refractivity contribution in [1.29, 1.82) is 0 Å². The van der Waals surface area contributed by atoms with E-state index in [1.165, 1.54) is 0 Å². The molecule has 132 valence electrons. The Balaban J connectivity index is 1.85. The molecule has 0 fully saturated rings. The van der Waals surface area contributed by atoms with Crippen LogP contribution in [-0.2, 0) is 9.16 Å². The van der Waals surface area contributed by atoms with Crippen LogP contribution < -0.4 is 0 Å². The first-order valence-corrected chi connectivity index (χ1v) is 11.7. The van der Waals surface area contributed by atoms with Crippen molar-refractivity contribution >= 4 is 14.3 Å². The number of hydrogen-bond acceptors (Lipinski definition) is 3. The highest BCUT2D eigenvalue weighted by molar-refractivity contribution is 6.74. The zero-order chi connectivity index (χ0) is 17.8. The van der Waals surface area contributed by atoms with E-state index in [1.807, 2.05) is 18.2 Å². The molecule has 0 unspecified atom stereocenters. The zero-order valence-corrected chi connectivity index (χ0v) is 16.5. The summed E-state index contributed by atoms with van der Waals surface area (Å²) in [5, 5.41) is 0.220. The third kappa shape index (κ3) is 4.80. The molecule has 0 amide bonds. The van der Waals surface area contributed by atoms with Crippen LogP contribution in [0.1, 0.15) is 44.0 Å². The van der Waals surface area contributed by atoms with Gasteiger partial charge in [-0.15, -0.1) is 0 Å². The summed E-state index contributed by atoms with van der Waals surface area (Å²) in [6, 6.07) is 9.19. The number of carbonyl (C=O) groups is 1. The van der Waals surface area contributed by atoms with Gasteiger partial charge in [0.05, 0.1) is 5.56 Å². The second kappa shape index (κ2) is 7.66. The van der Waals surface area contributed by atoms with Gasteiger partial charge in [0.15, 0.2) is 8.32 Å². The Hall–Kier alpha value is -1.39. The van der Waals surface area contributed by atoms with E-state index in [4.69, 9.17) is 9.16 Å². The molecule has 0 saturated carbocycles. The first-order valence-electron chi connectivity index (χ1n) is 8.77. The largest absolute Gasteiger partial charge is 0.458 e. The average Bonchev–Trinajstić information content (AvgIpc) is 2.94. The summed E-state index contributed by atoms with van der Waals surface area (Å²) < 4.78 is 12.0. The molecule has 0 bridgehead atoms. The van der Waals surface area contributed by atoms with Crippen LogP contribution in [0.5, 0.6) is 0 Å². The number of carbonyl (C=O) groups excluding carboxylic acids is 1. The van der Waals surface area contributed by atoms with E-state index in [2.05, 4.69) is 46.0 Å². The Labute approximate surface area is 147 Å². The van der Waals surface area contributed by atoms with Crippen molar-refractivity contribution in [2.24, 2.45) is 5.92 Å². The number of benzene rings is 1. The molecule has 0 heterocycles. The van der Waals surface area contributed by atoms with E-state index in [0.717, 1.165) is 19.4 Å². The standard InChI is InChI=1S/C20H30O3Si/c1-20(2,3)24(4,5)22-15-14-16-12-9-13-18(16)23-19(21)17-10-7-6-8-11-17/h6-12,16,18H,13-15H2,1-5H3/t16-,18-/m1/s1. The number of esters is 1. The van der Waals surface area contributed by atoms with Gasteiger partial charge in [-0.2, -0.15) is 0 Å². The highest BCUT2D eigenvalue weighted by atomic mass is 28.4. The molecule has 2 atom stereocenters. The van der Waals surface area contributed by atoms with Crippen LogP contribution in [0.2, 0.25) is 18.1 Å². The first kappa shape index (κ1) is 18.9. The van der Waals surface area contributed by atoms with E-state index in [9.17, 15) is 4.79 Å². The lowest BCUT2D eigenvalue weighted by atomic mass is 10.0. The quantitative estimate of drug-likeness (QED) is 0.403. The molecule has 4 heteroatoms. The van der Waals surface area contributed by atoms with Gasteiger partial charge < -0.3 is 9.16 Å². The molecular formula is C20H30O3Si. The fourth-order valence-corrected chi connectivity index (χ4v) is 3.61. The van der Waals surface area contributed by atoms with E-state index in [-0.39, 0.29) is 23.0 Å². The fourth-order valence-electron chi connectivity index (χ4n) is 2.55. The Morgan fingerprint density at radius 1 is 1.21 bits per heavy atom. The van der Waals surface area contributed by atoms with Crippen LogP contribution in [0.25, 0.3) is 0 Å². The van der Waals surface area contributed by atoms with Crippen molar-refractivity contribution in [2.45, 2.75) is 57.8 Å². The van der Waals surface area contributed by atoms with Gasteiger partial charge in [0.1, 0.15) is 6.10 Å². The molecule has 0 spiro atoms. The molecule has 3 nitrogen and oxygen atoms in total.